The quantitative estimate of drug-likeness (QED) is 0.654. The van der Waals surface area contributed by atoms with Gasteiger partial charge in [-0.25, -0.2) is 0 Å². The highest BCUT2D eigenvalue weighted by Crippen LogP contribution is 2.19. The first-order valence-corrected chi connectivity index (χ1v) is 4.49. The van der Waals surface area contributed by atoms with Gasteiger partial charge in [0.05, 0.1) is 5.69 Å². The number of nitrogens with zero attached hydrogens (tertiary/aromatic N) is 1. The molecule has 0 bridgehead atoms. The standard InChI is InChI=1S/C13H15N/c1-9(2)11(5)12-6-7-13(10(3)4)14-8-12/h6-8H,1,3,5H2,2,4H3. The molecule has 0 aliphatic heterocycles. The van der Waals surface area contributed by atoms with Crippen LogP contribution in [-0.2, 0) is 0 Å². The van der Waals surface area contributed by atoms with Crippen LogP contribution in [0.4, 0.5) is 0 Å². The van der Waals surface area contributed by atoms with E-state index in [9.17, 15) is 0 Å². The molecule has 0 atom stereocenters. The third-order valence-corrected chi connectivity index (χ3v) is 2.06. The van der Waals surface area contributed by atoms with Crippen molar-refractivity contribution in [3.05, 3.63) is 54.9 Å². The van der Waals surface area contributed by atoms with Crippen LogP contribution < -0.4 is 0 Å². The highest BCUT2D eigenvalue weighted by atomic mass is 14.7. The number of hydrogen-bond acceptors (Lipinski definition) is 1. The van der Waals surface area contributed by atoms with E-state index in [2.05, 4.69) is 24.7 Å². The normalized spacial score (nSPS) is 9.57. The van der Waals surface area contributed by atoms with Crippen molar-refractivity contribution in [2.75, 3.05) is 0 Å². The molecule has 0 unspecified atom stereocenters. The molecule has 0 fully saturated rings. The van der Waals surface area contributed by atoms with Crippen LogP contribution in [0, 0.1) is 0 Å². The molecule has 0 aromatic carbocycles. The second kappa shape index (κ2) is 4.05. The minimum Gasteiger partial charge on any atom is -0.256 e. The molecule has 0 spiro atoms. The van der Waals surface area contributed by atoms with Gasteiger partial charge in [0.1, 0.15) is 0 Å². The van der Waals surface area contributed by atoms with Crippen LogP contribution in [-0.4, -0.2) is 4.98 Å². The lowest BCUT2D eigenvalue weighted by molar-refractivity contribution is 1.25. The summed E-state index contributed by atoms with van der Waals surface area (Å²) in [5.41, 5.74) is 4.81. The van der Waals surface area contributed by atoms with E-state index < -0.39 is 0 Å². The molecule has 14 heavy (non-hydrogen) atoms. The topological polar surface area (TPSA) is 12.9 Å². The van der Waals surface area contributed by atoms with Gasteiger partial charge in [-0.3, -0.25) is 4.98 Å². The number of allylic oxidation sites excluding steroid dienone is 3. The first-order chi connectivity index (χ1) is 6.52. The van der Waals surface area contributed by atoms with Gasteiger partial charge in [-0.05, 0) is 36.6 Å². The van der Waals surface area contributed by atoms with Crippen LogP contribution in [0.2, 0.25) is 0 Å². The Balaban J connectivity index is 3.00. The maximum Gasteiger partial charge on any atom is 0.0653 e. The Morgan fingerprint density at radius 3 is 2.14 bits per heavy atom. The molecule has 0 saturated carbocycles. The van der Waals surface area contributed by atoms with Gasteiger partial charge < -0.3 is 0 Å². The molecular formula is C13H15N. The Bertz CT molecular complexity index is 382. The van der Waals surface area contributed by atoms with E-state index in [-0.39, 0.29) is 0 Å². The summed E-state index contributed by atoms with van der Waals surface area (Å²) in [6.45, 7) is 15.5. The van der Waals surface area contributed by atoms with Crippen molar-refractivity contribution in [2.45, 2.75) is 13.8 Å². The lowest BCUT2D eigenvalue weighted by atomic mass is 10.0. The fourth-order valence-corrected chi connectivity index (χ4v) is 1.07. The van der Waals surface area contributed by atoms with E-state index in [4.69, 9.17) is 0 Å². The van der Waals surface area contributed by atoms with E-state index in [1.54, 1.807) is 6.20 Å². The summed E-state index contributed by atoms with van der Waals surface area (Å²) in [5.74, 6) is 0. The first kappa shape index (κ1) is 10.5. The fourth-order valence-electron chi connectivity index (χ4n) is 1.07. The monoisotopic (exact) mass is 185 g/mol. The summed E-state index contributed by atoms with van der Waals surface area (Å²) in [7, 11) is 0. The SMILES string of the molecule is C=C(C)C(=C)c1ccc(C(=C)C)nc1. The molecule has 0 saturated heterocycles. The van der Waals surface area contributed by atoms with Crippen molar-refractivity contribution in [1.82, 2.24) is 4.98 Å². The molecule has 1 aromatic rings. The number of pyridine rings is 1. The van der Waals surface area contributed by atoms with Gasteiger partial charge in [0.2, 0.25) is 0 Å². The van der Waals surface area contributed by atoms with Crippen molar-refractivity contribution in [3.8, 4) is 0 Å². The Morgan fingerprint density at radius 1 is 1.14 bits per heavy atom. The zero-order chi connectivity index (χ0) is 10.7. The van der Waals surface area contributed by atoms with Crippen molar-refractivity contribution in [1.29, 1.82) is 0 Å². The van der Waals surface area contributed by atoms with Crippen LogP contribution in [0.15, 0.2) is 43.6 Å². The van der Waals surface area contributed by atoms with Gasteiger partial charge in [-0.1, -0.05) is 31.4 Å². The molecule has 1 nitrogen and oxygen atoms in total. The largest absolute Gasteiger partial charge is 0.256 e. The lowest BCUT2D eigenvalue weighted by Gasteiger charge is -2.05. The van der Waals surface area contributed by atoms with Crippen LogP contribution in [0.3, 0.4) is 0 Å². The second-order valence-corrected chi connectivity index (χ2v) is 3.47. The van der Waals surface area contributed by atoms with Crippen LogP contribution >= 0.6 is 0 Å². The van der Waals surface area contributed by atoms with E-state index in [1.807, 2.05) is 26.0 Å². The minimum absolute atomic E-state index is 0.920. The maximum atomic E-state index is 4.28. The second-order valence-electron chi connectivity index (χ2n) is 3.47. The van der Waals surface area contributed by atoms with Gasteiger partial charge in [0.15, 0.2) is 0 Å². The van der Waals surface area contributed by atoms with Crippen molar-refractivity contribution in [2.24, 2.45) is 0 Å². The smallest absolute Gasteiger partial charge is 0.0653 e. The summed E-state index contributed by atoms with van der Waals surface area (Å²) in [4.78, 5) is 4.28. The lowest BCUT2D eigenvalue weighted by Crippen LogP contribution is -1.89. The van der Waals surface area contributed by atoms with Crippen molar-refractivity contribution in [3.63, 3.8) is 0 Å². The summed E-state index contributed by atoms with van der Waals surface area (Å²) in [6.07, 6.45) is 1.81. The molecule has 0 amide bonds. The minimum atomic E-state index is 0.920. The molecule has 0 aliphatic carbocycles. The summed E-state index contributed by atoms with van der Waals surface area (Å²) < 4.78 is 0. The van der Waals surface area contributed by atoms with E-state index in [0.717, 1.165) is 28.0 Å². The molecule has 1 rings (SSSR count). The first-order valence-electron chi connectivity index (χ1n) is 4.49. The van der Waals surface area contributed by atoms with Gasteiger partial charge in [0, 0.05) is 6.20 Å². The van der Waals surface area contributed by atoms with E-state index >= 15 is 0 Å². The van der Waals surface area contributed by atoms with Gasteiger partial charge in [0.25, 0.3) is 0 Å². The van der Waals surface area contributed by atoms with Gasteiger partial charge >= 0.3 is 0 Å². The maximum absolute atomic E-state index is 4.28. The highest BCUT2D eigenvalue weighted by molar-refractivity contribution is 5.75. The van der Waals surface area contributed by atoms with Crippen molar-refractivity contribution < 1.29 is 0 Å². The third-order valence-electron chi connectivity index (χ3n) is 2.06. The molecule has 72 valence electrons. The van der Waals surface area contributed by atoms with Crippen LogP contribution in [0.1, 0.15) is 25.1 Å². The fraction of sp³-hybridized carbons (Fsp3) is 0.154. The highest BCUT2D eigenvalue weighted by Gasteiger charge is 2.00. The molecule has 1 heteroatoms. The molecule has 0 N–H and O–H groups in total. The predicted octanol–water partition coefficient (Wildman–Crippen LogP) is 3.70. The number of hydrogen-bond donors (Lipinski definition) is 0. The average Bonchev–Trinajstić information content (AvgIpc) is 2.16. The van der Waals surface area contributed by atoms with Crippen molar-refractivity contribution >= 4 is 11.1 Å². The van der Waals surface area contributed by atoms with Gasteiger partial charge in [-0.15, -0.1) is 0 Å². The summed E-state index contributed by atoms with van der Waals surface area (Å²) in [6, 6.07) is 3.94. The van der Waals surface area contributed by atoms with Crippen LogP contribution in [0.25, 0.3) is 11.1 Å². The molecule has 0 radical (unpaired) electrons. The number of rotatable bonds is 3. The Labute approximate surface area is 85.5 Å². The van der Waals surface area contributed by atoms with E-state index in [1.165, 1.54) is 0 Å². The zero-order valence-corrected chi connectivity index (χ0v) is 8.80. The van der Waals surface area contributed by atoms with Crippen LogP contribution in [0.5, 0.6) is 0 Å². The molecule has 0 aliphatic rings. The summed E-state index contributed by atoms with van der Waals surface area (Å²) >= 11 is 0. The Morgan fingerprint density at radius 2 is 1.79 bits per heavy atom. The number of aromatic nitrogens is 1. The third kappa shape index (κ3) is 2.19. The molecule has 1 heterocycles. The van der Waals surface area contributed by atoms with Gasteiger partial charge in [-0.2, -0.15) is 0 Å². The average molecular weight is 185 g/mol. The Hall–Kier alpha value is -1.63. The zero-order valence-electron chi connectivity index (χ0n) is 8.80. The molecule has 1 aromatic heterocycles. The predicted molar refractivity (Wildman–Crippen MR) is 62.8 cm³/mol. The van der Waals surface area contributed by atoms with E-state index in [0.29, 0.717) is 0 Å². The summed E-state index contributed by atoms with van der Waals surface area (Å²) in [5, 5.41) is 0. The molecular weight excluding hydrogens is 170 g/mol. The Kier molecular flexibility index (Phi) is 3.03.